The van der Waals surface area contributed by atoms with Crippen LogP contribution in [-0.4, -0.2) is 15.9 Å². The smallest absolute Gasteiger partial charge is 0.258 e. The van der Waals surface area contributed by atoms with Crippen molar-refractivity contribution in [2.45, 2.75) is 13.8 Å². The summed E-state index contributed by atoms with van der Waals surface area (Å²) in [7, 11) is 0. The third kappa shape index (κ3) is 4.14. The van der Waals surface area contributed by atoms with Crippen LogP contribution in [0, 0.1) is 13.8 Å². The van der Waals surface area contributed by atoms with E-state index in [0.717, 1.165) is 16.8 Å². The van der Waals surface area contributed by atoms with Gasteiger partial charge in [0.15, 0.2) is 0 Å². The molecule has 3 rings (SSSR count). The molecule has 2 N–H and O–H groups in total. The van der Waals surface area contributed by atoms with Crippen molar-refractivity contribution >= 4 is 34.8 Å². The number of aromatic nitrogens is 2. The Balaban J connectivity index is 1.72. The quantitative estimate of drug-likeness (QED) is 0.711. The molecule has 6 heteroatoms. The monoisotopic (exact) mass is 352 g/mol. The average Bonchev–Trinajstić information content (AvgIpc) is 2.61. The van der Waals surface area contributed by atoms with Gasteiger partial charge in [0.1, 0.15) is 0 Å². The summed E-state index contributed by atoms with van der Waals surface area (Å²) in [6.45, 7) is 3.90. The number of hydrogen-bond donors (Lipinski definition) is 2. The molecule has 1 heterocycles. The fraction of sp³-hybridized carbons (Fsp3) is 0.105. The summed E-state index contributed by atoms with van der Waals surface area (Å²) in [5.41, 5.74) is 3.98. The predicted molar refractivity (Wildman–Crippen MR) is 101 cm³/mol. The molecule has 0 aliphatic heterocycles. The van der Waals surface area contributed by atoms with Crippen molar-refractivity contribution < 1.29 is 4.79 Å². The third-order valence-corrected chi connectivity index (χ3v) is 3.99. The number of amides is 1. The molecule has 0 bridgehead atoms. The van der Waals surface area contributed by atoms with Crippen LogP contribution >= 0.6 is 11.6 Å². The molecule has 0 atom stereocenters. The van der Waals surface area contributed by atoms with Gasteiger partial charge in [-0.05, 0) is 43.2 Å². The first-order valence-corrected chi connectivity index (χ1v) is 8.13. The van der Waals surface area contributed by atoms with Gasteiger partial charge < -0.3 is 10.6 Å². The second-order valence-electron chi connectivity index (χ2n) is 5.65. The molecule has 0 spiro atoms. The van der Waals surface area contributed by atoms with Crippen LogP contribution in [0.1, 0.15) is 21.5 Å². The summed E-state index contributed by atoms with van der Waals surface area (Å²) in [5.74, 6) is 0.151. The molecule has 0 fully saturated rings. The van der Waals surface area contributed by atoms with Crippen LogP contribution in [0.15, 0.2) is 54.9 Å². The first-order chi connectivity index (χ1) is 12.0. The van der Waals surface area contributed by atoms with E-state index in [2.05, 4.69) is 20.6 Å². The van der Waals surface area contributed by atoms with Gasteiger partial charge >= 0.3 is 0 Å². The van der Waals surface area contributed by atoms with E-state index >= 15 is 0 Å². The zero-order valence-electron chi connectivity index (χ0n) is 13.9. The number of hydrogen-bond acceptors (Lipinski definition) is 4. The highest BCUT2D eigenvalue weighted by Gasteiger charge is 2.10. The van der Waals surface area contributed by atoms with Crippen LogP contribution in [0.3, 0.4) is 0 Å². The van der Waals surface area contributed by atoms with E-state index in [1.165, 1.54) is 12.4 Å². The molecule has 0 radical (unpaired) electrons. The highest BCUT2D eigenvalue weighted by Crippen LogP contribution is 2.21. The Morgan fingerprint density at radius 3 is 2.36 bits per heavy atom. The minimum Gasteiger partial charge on any atom is -0.324 e. The fourth-order valence-corrected chi connectivity index (χ4v) is 2.44. The van der Waals surface area contributed by atoms with E-state index in [1.807, 2.05) is 44.2 Å². The van der Waals surface area contributed by atoms with Gasteiger partial charge in [0.2, 0.25) is 5.95 Å². The second kappa shape index (κ2) is 7.32. The number of rotatable bonds is 4. The number of nitrogens with zero attached hydrogens (tertiary/aromatic N) is 2. The van der Waals surface area contributed by atoms with Gasteiger partial charge in [-0.2, -0.15) is 0 Å². The molecule has 0 unspecified atom stereocenters. The lowest BCUT2D eigenvalue weighted by Gasteiger charge is -2.10. The van der Waals surface area contributed by atoms with Crippen molar-refractivity contribution in [3.8, 4) is 0 Å². The molecule has 1 amide bonds. The molecule has 2 aromatic carbocycles. The Morgan fingerprint density at radius 2 is 1.64 bits per heavy atom. The Labute approximate surface area is 151 Å². The van der Waals surface area contributed by atoms with Gasteiger partial charge in [-0.25, -0.2) is 9.97 Å². The van der Waals surface area contributed by atoms with Crippen LogP contribution < -0.4 is 10.6 Å². The highest BCUT2D eigenvalue weighted by atomic mass is 35.5. The Morgan fingerprint density at radius 1 is 0.960 bits per heavy atom. The summed E-state index contributed by atoms with van der Waals surface area (Å²) in [5, 5.41) is 6.52. The number of carbonyl (C=O) groups is 1. The van der Waals surface area contributed by atoms with Crippen molar-refractivity contribution in [3.05, 3.63) is 76.6 Å². The van der Waals surface area contributed by atoms with Crippen molar-refractivity contribution in [1.82, 2.24) is 9.97 Å². The van der Waals surface area contributed by atoms with Crippen LogP contribution in [0.2, 0.25) is 5.02 Å². The third-order valence-electron chi connectivity index (χ3n) is 3.75. The Kier molecular flexibility index (Phi) is 4.95. The van der Waals surface area contributed by atoms with E-state index in [9.17, 15) is 4.79 Å². The van der Waals surface area contributed by atoms with E-state index < -0.39 is 0 Å². The first kappa shape index (κ1) is 16.9. The number of carbonyl (C=O) groups excluding carboxylic acids is 1. The number of benzene rings is 2. The van der Waals surface area contributed by atoms with Crippen molar-refractivity contribution in [3.63, 3.8) is 0 Å². The van der Waals surface area contributed by atoms with Crippen molar-refractivity contribution in [2.75, 3.05) is 10.6 Å². The molecule has 5 nitrogen and oxygen atoms in total. The van der Waals surface area contributed by atoms with Crippen LogP contribution in [0.4, 0.5) is 17.3 Å². The minimum absolute atomic E-state index is 0.284. The molecule has 126 valence electrons. The van der Waals surface area contributed by atoms with Gasteiger partial charge in [-0.1, -0.05) is 35.9 Å². The Bertz CT molecular complexity index is 910. The summed E-state index contributed by atoms with van der Waals surface area (Å²) in [6.07, 6.45) is 2.98. The lowest BCUT2D eigenvalue weighted by molar-refractivity contribution is 0.102. The van der Waals surface area contributed by atoms with Crippen molar-refractivity contribution in [2.24, 2.45) is 0 Å². The van der Waals surface area contributed by atoms with Crippen LogP contribution in [-0.2, 0) is 0 Å². The van der Waals surface area contributed by atoms with Gasteiger partial charge in [-0.15, -0.1) is 0 Å². The summed E-state index contributed by atoms with van der Waals surface area (Å²) < 4.78 is 0. The SMILES string of the molecule is Cc1ccc(Cl)cc1NC(=O)c1cnc(Nc2ccccc2C)nc1. The molecular weight excluding hydrogens is 336 g/mol. The van der Waals surface area contributed by atoms with E-state index in [1.54, 1.807) is 12.1 Å². The van der Waals surface area contributed by atoms with E-state index in [0.29, 0.717) is 22.2 Å². The predicted octanol–water partition coefficient (Wildman–Crippen LogP) is 4.74. The molecule has 0 saturated carbocycles. The standard InChI is InChI=1S/C19H17ClN4O/c1-12-5-3-4-6-16(12)24-19-21-10-14(11-22-19)18(25)23-17-9-15(20)8-7-13(17)2/h3-11H,1-2H3,(H,23,25)(H,21,22,24). The molecule has 0 aliphatic rings. The van der Waals surface area contributed by atoms with Crippen LogP contribution in [0.25, 0.3) is 0 Å². The zero-order valence-corrected chi connectivity index (χ0v) is 14.6. The molecule has 0 aliphatic carbocycles. The van der Waals surface area contributed by atoms with Gasteiger partial charge in [0.05, 0.1) is 5.56 Å². The zero-order chi connectivity index (χ0) is 17.8. The number of anilines is 3. The van der Waals surface area contributed by atoms with E-state index in [4.69, 9.17) is 11.6 Å². The van der Waals surface area contributed by atoms with Gasteiger partial charge in [0, 0.05) is 28.8 Å². The normalized spacial score (nSPS) is 10.4. The first-order valence-electron chi connectivity index (χ1n) is 7.75. The molecule has 3 aromatic rings. The minimum atomic E-state index is -0.284. The summed E-state index contributed by atoms with van der Waals surface area (Å²) >= 11 is 5.97. The average molecular weight is 353 g/mol. The lowest BCUT2D eigenvalue weighted by atomic mass is 10.2. The van der Waals surface area contributed by atoms with Crippen LogP contribution in [0.5, 0.6) is 0 Å². The maximum Gasteiger partial charge on any atom is 0.258 e. The topological polar surface area (TPSA) is 66.9 Å². The molecular formula is C19H17ClN4O. The maximum atomic E-state index is 12.3. The fourth-order valence-electron chi connectivity index (χ4n) is 2.27. The lowest BCUT2D eigenvalue weighted by Crippen LogP contribution is -2.14. The Hall–Kier alpha value is -2.92. The molecule has 25 heavy (non-hydrogen) atoms. The molecule has 1 aromatic heterocycles. The summed E-state index contributed by atoms with van der Waals surface area (Å²) in [6, 6.07) is 13.2. The van der Waals surface area contributed by atoms with E-state index in [-0.39, 0.29) is 5.91 Å². The number of nitrogens with one attached hydrogen (secondary N) is 2. The van der Waals surface area contributed by atoms with Gasteiger partial charge in [0.25, 0.3) is 5.91 Å². The number of halogens is 1. The van der Waals surface area contributed by atoms with Crippen molar-refractivity contribution in [1.29, 1.82) is 0 Å². The number of para-hydroxylation sites is 1. The largest absolute Gasteiger partial charge is 0.324 e. The summed E-state index contributed by atoms with van der Waals surface area (Å²) in [4.78, 5) is 20.8. The highest BCUT2D eigenvalue weighted by molar-refractivity contribution is 6.31. The number of aryl methyl sites for hydroxylation is 2. The van der Waals surface area contributed by atoms with Gasteiger partial charge in [-0.3, -0.25) is 4.79 Å². The second-order valence-corrected chi connectivity index (χ2v) is 6.09. The maximum absolute atomic E-state index is 12.3. The molecule has 0 saturated heterocycles.